The van der Waals surface area contributed by atoms with Gasteiger partial charge in [-0.15, -0.1) is 0 Å². The van der Waals surface area contributed by atoms with Crippen LogP contribution in [0.15, 0.2) is 29.4 Å². The molecule has 156 valence electrons. The number of aromatic nitrogens is 3. The number of hydrogen-bond acceptors (Lipinski definition) is 6. The van der Waals surface area contributed by atoms with E-state index in [1.54, 1.807) is 16.5 Å². The largest absolute Gasteiger partial charge is 0.339 e. The molecule has 0 aliphatic carbocycles. The van der Waals surface area contributed by atoms with Crippen LogP contribution < -0.4 is 5.32 Å². The van der Waals surface area contributed by atoms with E-state index in [1.165, 1.54) is 35.4 Å². The molecule has 30 heavy (non-hydrogen) atoms. The summed E-state index contributed by atoms with van der Waals surface area (Å²) >= 11 is 1.30. The lowest BCUT2D eigenvalue weighted by Gasteiger charge is -2.27. The Bertz CT molecular complexity index is 1010. The van der Waals surface area contributed by atoms with Crippen LogP contribution in [0.3, 0.4) is 0 Å². The van der Waals surface area contributed by atoms with E-state index in [0.717, 1.165) is 12.8 Å². The van der Waals surface area contributed by atoms with Gasteiger partial charge in [0.2, 0.25) is 11.8 Å². The number of pyridine rings is 1. The molecule has 4 heterocycles. The number of alkyl halides is 2. The highest BCUT2D eigenvalue weighted by Crippen LogP contribution is 2.31. The Morgan fingerprint density at radius 2 is 2.03 bits per heavy atom. The molecule has 10 heteroatoms. The molecule has 0 atom stereocenters. The van der Waals surface area contributed by atoms with Gasteiger partial charge in [0, 0.05) is 37.3 Å². The van der Waals surface area contributed by atoms with Crippen LogP contribution >= 0.6 is 11.5 Å². The summed E-state index contributed by atoms with van der Waals surface area (Å²) in [4.78, 5) is 34.0. The van der Waals surface area contributed by atoms with Crippen molar-refractivity contribution in [1.29, 1.82) is 0 Å². The molecular weight excluding hydrogens is 412 g/mol. The molecule has 1 N–H and O–H groups in total. The number of fused-ring (bicyclic) bond motifs is 1. The molecule has 2 aliphatic rings. The first kappa shape index (κ1) is 20.3. The molecule has 0 saturated carbocycles. The number of piperidine rings is 1. The zero-order valence-corrected chi connectivity index (χ0v) is 16.8. The Morgan fingerprint density at radius 3 is 2.77 bits per heavy atom. The number of carbonyl (C=O) groups excluding carboxylic acids is 2. The summed E-state index contributed by atoms with van der Waals surface area (Å²) in [6.07, 6.45) is 6.48. The zero-order valence-electron chi connectivity index (χ0n) is 16.0. The SMILES string of the molecule is O=C1CC(F)(F)Cc2cc(/C=C/C(=O)N3CCC(=Cc4ncsn4)CC3)cnc2N1. The quantitative estimate of drug-likeness (QED) is 0.755. The zero-order chi connectivity index (χ0) is 21.1. The average Bonchev–Trinajstić information content (AvgIpc) is 3.16. The highest BCUT2D eigenvalue weighted by atomic mass is 32.1. The van der Waals surface area contributed by atoms with Gasteiger partial charge >= 0.3 is 0 Å². The van der Waals surface area contributed by atoms with Gasteiger partial charge < -0.3 is 10.2 Å². The monoisotopic (exact) mass is 431 g/mol. The molecule has 0 spiro atoms. The summed E-state index contributed by atoms with van der Waals surface area (Å²) in [6.45, 7) is 1.19. The maximum atomic E-state index is 13.9. The molecule has 2 aromatic heterocycles. The van der Waals surface area contributed by atoms with Crippen molar-refractivity contribution in [3.05, 3.63) is 46.4 Å². The molecular formula is C20H19F2N5O2S. The number of nitrogens with one attached hydrogen (secondary N) is 1. The topological polar surface area (TPSA) is 88.1 Å². The van der Waals surface area contributed by atoms with Gasteiger partial charge in [-0.2, -0.15) is 4.37 Å². The van der Waals surface area contributed by atoms with E-state index in [-0.39, 0.29) is 17.3 Å². The second-order valence-electron chi connectivity index (χ2n) is 7.28. The van der Waals surface area contributed by atoms with Gasteiger partial charge in [-0.1, -0.05) is 5.57 Å². The van der Waals surface area contributed by atoms with Gasteiger partial charge in [-0.3, -0.25) is 9.59 Å². The van der Waals surface area contributed by atoms with Crippen molar-refractivity contribution in [2.45, 2.75) is 31.6 Å². The van der Waals surface area contributed by atoms with Gasteiger partial charge in [-0.05, 0) is 48.2 Å². The van der Waals surface area contributed by atoms with E-state index < -0.39 is 24.7 Å². The van der Waals surface area contributed by atoms with Crippen LogP contribution in [0.4, 0.5) is 14.6 Å². The van der Waals surface area contributed by atoms with Crippen molar-refractivity contribution in [2.24, 2.45) is 0 Å². The summed E-state index contributed by atoms with van der Waals surface area (Å²) in [5.41, 5.74) is 3.67. The minimum absolute atomic E-state index is 0.144. The lowest BCUT2D eigenvalue weighted by atomic mass is 10.0. The minimum atomic E-state index is -3.12. The van der Waals surface area contributed by atoms with Gasteiger partial charge in [0.25, 0.3) is 5.92 Å². The first-order chi connectivity index (χ1) is 14.4. The third kappa shape index (κ3) is 4.93. The molecule has 1 saturated heterocycles. The van der Waals surface area contributed by atoms with Gasteiger partial charge in [0.15, 0.2) is 5.82 Å². The predicted octanol–water partition coefficient (Wildman–Crippen LogP) is 3.17. The second-order valence-corrected chi connectivity index (χ2v) is 7.89. The van der Waals surface area contributed by atoms with E-state index >= 15 is 0 Å². The molecule has 1 fully saturated rings. The first-order valence-corrected chi connectivity index (χ1v) is 10.3. The maximum Gasteiger partial charge on any atom is 0.260 e. The summed E-state index contributed by atoms with van der Waals surface area (Å²) in [7, 11) is 0. The van der Waals surface area contributed by atoms with Crippen LogP contribution in [-0.2, 0) is 16.0 Å². The van der Waals surface area contributed by atoms with Crippen LogP contribution in [0.2, 0.25) is 0 Å². The number of anilines is 1. The van der Waals surface area contributed by atoms with Gasteiger partial charge in [-0.25, -0.2) is 18.7 Å². The molecule has 2 amide bonds. The number of rotatable bonds is 3. The van der Waals surface area contributed by atoms with Crippen LogP contribution in [0.1, 0.15) is 36.2 Å². The normalized spacial score (nSPS) is 18.7. The van der Waals surface area contributed by atoms with Crippen molar-refractivity contribution in [3.63, 3.8) is 0 Å². The van der Waals surface area contributed by atoms with Crippen molar-refractivity contribution in [2.75, 3.05) is 18.4 Å². The van der Waals surface area contributed by atoms with Crippen LogP contribution in [0.5, 0.6) is 0 Å². The minimum Gasteiger partial charge on any atom is -0.339 e. The molecule has 0 aromatic carbocycles. The third-order valence-electron chi connectivity index (χ3n) is 4.96. The fourth-order valence-electron chi connectivity index (χ4n) is 3.48. The molecule has 7 nitrogen and oxygen atoms in total. The number of amides is 2. The highest BCUT2D eigenvalue weighted by molar-refractivity contribution is 7.03. The summed E-state index contributed by atoms with van der Waals surface area (Å²) in [5, 5.41) is 2.40. The summed E-state index contributed by atoms with van der Waals surface area (Å²) < 4.78 is 31.9. The van der Waals surface area contributed by atoms with E-state index in [2.05, 4.69) is 19.7 Å². The van der Waals surface area contributed by atoms with Crippen molar-refractivity contribution in [1.82, 2.24) is 19.2 Å². The molecule has 0 unspecified atom stereocenters. The van der Waals surface area contributed by atoms with E-state index in [0.29, 0.717) is 24.5 Å². The molecule has 0 bridgehead atoms. The number of likely N-dealkylation sites (tertiary alicyclic amines) is 1. The average molecular weight is 431 g/mol. The summed E-state index contributed by atoms with van der Waals surface area (Å²) in [5.74, 6) is -3.18. The van der Waals surface area contributed by atoms with Crippen molar-refractivity contribution in [3.8, 4) is 0 Å². The molecule has 2 aliphatic heterocycles. The standard InChI is InChI=1S/C20H19F2N5O2S/c21-20(22)9-15-7-14(11-23-19(15)25-17(28)10-20)1-2-18(29)27-5-3-13(4-6-27)8-16-24-12-30-26-16/h1-2,7-8,11-12H,3-6,9-10H2,(H,23,25,28)/b2-1+. The lowest BCUT2D eigenvalue weighted by molar-refractivity contribution is -0.126. The fourth-order valence-corrected chi connectivity index (χ4v) is 3.89. The molecule has 4 rings (SSSR count). The van der Waals surface area contributed by atoms with Crippen molar-refractivity contribution < 1.29 is 18.4 Å². The smallest absolute Gasteiger partial charge is 0.260 e. The molecule has 0 radical (unpaired) electrons. The van der Waals surface area contributed by atoms with E-state index in [9.17, 15) is 18.4 Å². The van der Waals surface area contributed by atoms with Crippen LogP contribution in [0, 0.1) is 0 Å². The van der Waals surface area contributed by atoms with Gasteiger partial charge in [0.05, 0.1) is 6.42 Å². The van der Waals surface area contributed by atoms with Gasteiger partial charge in [0.1, 0.15) is 11.3 Å². The number of carbonyl (C=O) groups is 2. The highest BCUT2D eigenvalue weighted by Gasteiger charge is 2.36. The second kappa shape index (κ2) is 8.39. The Kier molecular flexibility index (Phi) is 5.67. The predicted molar refractivity (Wildman–Crippen MR) is 109 cm³/mol. The maximum absolute atomic E-state index is 13.9. The third-order valence-corrected chi connectivity index (χ3v) is 5.45. The Morgan fingerprint density at radius 1 is 1.23 bits per heavy atom. The number of hydrogen-bond donors (Lipinski definition) is 1. The first-order valence-electron chi connectivity index (χ1n) is 9.47. The van der Waals surface area contributed by atoms with E-state index in [1.807, 2.05) is 6.08 Å². The fraction of sp³-hybridized carbons (Fsp3) is 0.350. The van der Waals surface area contributed by atoms with Crippen molar-refractivity contribution >= 4 is 41.3 Å². The Hall–Kier alpha value is -3.01. The van der Waals surface area contributed by atoms with E-state index in [4.69, 9.17) is 0 Å². The van der Waals surface area contributed by atoms with Crippen LogP contribution in [-0.4, -0.2) is 50.1 Å². The Balaban J connectivity index is 1.39. The number of halogens is 2. The summed E-state index contributed by atoms with van der Waals surface area (Å²) in [6, 6.07) is 1.53. The molecule has 2 aromatic rings. The Labute approximate surface area is 175 Å². The lowest BCUT2D eigenvalue weighted by Crippen LogP contribution is -2.35. The number of nitrogens with zero attached hydrogens (tertiary/aromatic N) is 4. The van der Waals surface area contributed by atoms with Crippen LogP contribution in [0.25, 0.3) is 12.2 Å².